The van der Waals surface area contributed by atoms with Crippen LogP contribution in [0.3, 0.4) is 0 Å². The van der Waals surface area contributed by atoms with Gasteiger partial charge in [0, 0.05) is 19.7 Å². The first kappa shape index (κ1) is 11.1. The number of anilines is 1. The summed E-state index contributed by atoms with van der Waals surface area (Å²) in [6.45, 7) is 5.25. The van der Waals surface area contributed by atoms with Crippen LogP contribution in [0.5, 0.6) is 0 Å². The fourth-order valence-corrected chi connectivity index (χ4v) is 1.86. The molecule has 0 radical (unpaired) electrons. The summed E-state index contributed by atoms with van der Waals surface area (Å²) in [6, 6.07) is 1.80. The van der Waals surface area contributed by atoms with Crippen molar-refractivity contribution in [1.82, 2.24) is 19.6 Å². The van der Waals surface area contributed by atoms with Crippen LogP contribution in [0, 0.1) is 5.92 Å². The van der Waals surface area contributed by atoms with Crippen LogP contribution in [0.4, 0.5) is 5.82 Å². The highest BCUT2D eigenvalue weighted by atomic mass is 35.5. The van der Waals surface area contributed by atoms with Gasteiger partial charge in [-0.3, -0.25) is 0 Å². The second-order valence-corrected chi connectivity index (χ2v) is 4.57. The van der Waals surface area contributed by atoms with Crippen molar-refractivity contribution in [2.24, 2.45) is 5.92 Å². The number of halogens is 1. The fraction of sp³-hybridized carbons (Fsp3) is 0.500. The Hall–Kier alpha value is -1.36. The molecular weight excluding hydrogens is 226 g/mol. The van der Waals surface area contributed by atoms with Crippen molar-refractivity contribution in [2.75, 3.05) is 18.5 Å². The lowest BCUT2D eigenvalue weighted by Gasteiger charge is -2.21. The number of hydrogen-bond donors (Lipinski definition) is 0. The number of nitrogens with zero attached hydrogens (tertiary/aromatic N) is 5. The molecule has 0 bridgehead atoms. The van der Waals surface area contributed by atoms with Gasteiger partial charge in [0.25, 0.3) is 5.78 Å². The average molecular weight is 240 g/mol. The van der Waals surface area contributed by atoms with Gasteiger partial charge in [-0.05, 0) is 5.92 Å². The van der Waals surface area contributed by atoms with E-state index in [0.717, 1.165) is 12.4 Å². The minimum atomic E-state index is 0.436. The number of hydrogen-bond acceptors (Lipinski definition) is 4. The average Bonchev–Trinajstić information content (AvgIpc) is 2.62. The van der Waals surface area contributed by atoms with Crippen molar-refractivity contribution in [3.63, 3.8) is 0 Å². The predicted octanol–water partition coefficient (Wildman–Crippen LogP) is 1.87. The summed E-state index contributed by atoms with van der Waals surface area (Å²) in [5, 5.41) is 4.57. The van der Waals surface area contributed by atoms with Gasteiger partial charge in [-0.2, -0.15) is 19.6 Å². The van der Waals surface area contributed by atoms with E-state index in [9.17, 15) is 0 Å². The van der Waals surface area contributed by atoms with Crippen LogP contribution in [0.2, 0.25) is 5.15 Å². The van der Waals surface area contributed by atoms with Gasteiger partial charge in [-0.15, -0.1) is 0 Å². The van der Waals surface area contributed by atoms with Crippen LogP contribution < -0.4 is 4.90 Å². The zero-order chi connectivity index (χ0) is 11.7. The Morgan fingerprint density at radius 2 is 2.25 bits per heavy atom. The lowest BCUT2D eigenvalue weighted by molar-refractivity contribution is 0.629. The maximum absolute atomic E-state index is 5.94. The second-order valence-electron chi connectivity index (χ2n) is 4.18. The summed E-state index contributed by atoms with van der Waals surface area (Å²) < 4.78 is 1.69. The molecule has 2 rings (SSSR count). The summed E-state index contributed by atoms with van der Waals surface area (Å²) >= 11 is 5.94. The highest BCUT2D eigenvalue weighted by Gasteiger charge is 2.11. The van der Waals surface area contributed by atoms with Gasteiger partial charge in [0.05, 0.1) is 0 Å². The van der Waals surface area contributed by atoms with E-state index in [1.54, 1.807) is 10.6 Å². The molecule has 2 aromatic heterocycles. The van der Waals surface area contributed by atoms with Gasteiger partial charge in [-0.25, -0.2) is 0 Å². The Labute approximate surface area is 99.1 Å². The molecule has 0 aliphatic heterocycles. The first-order valence-electron chi connectivity index (χ1n) is 5.15. The van der Waals surface area contributed by atoms with Crippen LogP contribution in [0.15, 0.2) is 12.4 Å². The van der Waals surface area contributed by atoms with E-state index in [0.29, 0.717) is 16.8 Å². The van der Waals surface area contributed by atoms with Gasteiger partial charge in [0.2, 0.25) is 0 Å². The Bertz CT molecular complexity index is 493. The molecule has 2 aromatic rings. The summed E-state index contributed by atoms with van der Waals surface area (Å²) in [4.78, 5) is 10.2. The van der Waals surface area contributed by atoms with Crippen molar-refractivity contribution >= 4 is 23.2 Å². The summed E-state index contributed by atoms with van der Waals surface area (Å²) in [7, 11) is 2.01. The van der Waals surface area contributed by atoms with Gasteiger partial charge in [0.1, 0.15) is 17.3 Å². The van der Waals surface area contributed by atoms with Gasteiger partial charge in [0.15, 0.2) is 0 Å². The number of aromatic nitrogens is 4. The molecule has 0 saturated carbocycles. The van der Waals surface area contributed by atoms with Crippen molar-refractivity contribution in [3.05, 3.63) is 17.5 Å². The Kier molecular flexibility index (Phi) is 2.96. The van der Waals surface area contributed by atoms with E-state index in [1.807, 2.05) is 7.05 Å². The first-order chi connectivity index (χ1) is 7.58. The third-order valence-electron chi connectivity index (χ3n) is 2.23. The molecule has 86 valence electrons. The molecule has 6 heteroatoms. The molecule has 0 N–H and O–H groups in total. The predicted molar refractivity (Wildman–Crippen MR) is 63.9 cm³/mol. The van der Waals surface area contributed by atoms with E-state index < -0.39 is 0 Å². The fourth-order valence-electron chi connectivity index (χ4n) is 1.68. The molecule has 0 saturated heterocycles. The van der Waals surface area contributed by atoms with Crippen molar-refractivity contribution in [2.45, 2.75) is 13.8 Å². The van der Waals surface area contributed by atoms with E-state index >= 15 is 0 Å². The monoisotopic (exact) mass is 239 g/mol. The highest BCUT2D eigenvalue weighted by molar-refractivity contribution is 6.29. The van der Waals surface area contributed by atoms with E-state index in [2.05, 4.69) is 33.8 Å². The summed E-state index contributed by atoms with van der Waals surface area (Å²) in [5.74, 6) is 2.00. The molecule has 16 heavy (non-hydrogen) atoms. The summed E-state index contributed by atoms with van der Waals surface area (Å²) in [5.41, 5.74) is 0. The molecule has 0 unspecified atom stereocenters. The van der Waals surface area contributed by atoms with Crippen LogP contribution in [-0.4, -0.2) is 33.2 Å². The second kappa shape index (κ2) is 4.25. The minimum absolute atomic E-state index is 0.436. The van der Waals surface area contributed by atoms with E-state index in [-0.39, 0.29) is 0 Å². The lowest BCUT2D eigenvalue weighted by Crippen LogP contribution is -2.25. The molecule has 0 amide bonds. The smallest absolute Gasteiger partial charge is 0.255 e. The molecule has 5 nitrogen and oxygen atoms in total. The quantitative estimate of drug-likeness (QED) is 0.768. The maximum atomic E-state index is 5.94. The van der Waals surface area contributed by atoms with Crippen molar-refractivity contribution in [3.8, 4) is 0 Å². The summed E-state index contributed by atoms with van der Waals surface area (Å²) in [6.07, 6.45) is 1.48. The zero-order valence-corrected chi connectivity index (χ0v) is 10.3. The third kappa shape index (κ3) is 2.09. The standard InChI is InChI=1S/C10H14ClN5/c1-7(2)5-15(3)9-4-8(11)14-10-12-6-13-16(9)10/h4,6-7H,5H2,1-3H3. The van der Waals surface area contributed by atoms with Crippen LogP contribution >= 0.6 is 11.6 Å². The Balaban J connectivity index is 2.45. The maximum Gasteiger partial charge on any atom is 0.255 e. The van der Waals surface area contributed by atoms with Gasteiger partial charge < -0.3 is 4.90 Å². The van der Waals surface area contributed by atoms with Crippen molar-refractivity contribution < 1.29 is 0 Å². The molecule has 0 aliphatic carbocycles. The topological polar surface area (TPSA) is 46.3 Å². The van der Waals surface area contributed by atoms with Gasteiger partial charge >= 0.3 is 0 Å². The van der Waals surface area contributed by atoms with E-state index in [4.69, 9.17) is 11.6 Å². The largest absolute Gasteiger partial charge is 0.359 e. The first-order valence-corrected chi connectivity index (χ1v) is 5.53. The van der Waals surface area contributed by atoms with Crippen LogP contribution in [0.1, 0.15) is 13.8 Å². The Morgan fingerprint density at radius 3 is 2.94 bits per heavy atom. The Morgan fingerprint density at radius 1 is 1.50 bits per heavy atom. The molecular formula is C10H14ClN5. The molecule has 0 atom stereocenters. The minimum Gasteiger partial charge on any atom is -0.359 e. The normalized spacial score (nSPS) is 11.3. The molecule has 0 aliphatic rings. The van der Waals surface area contributed by atoms with Gasteiger partial charge in [-0.1, -0.05) is 25.4 Å². The zero-order valence-electron chi connectivity index (χ0n) is 9.55. The lowest BCUT2D eigenvalue weighted by atomic mass is 10.2. The number of fused-ring (bicyclic) bond motifs is 1. The van der Waals surface area contributed by atoms with Crippen LogP contribution in [-0.2, 0) is 0 Å². The molecule has 2 heterocycles. The highest BCUT2D eigenvalue weighted by Crippen LogP contribution is 2.18. The van der Waals surface area contributed by atoms with Crippen molar-refractivity contribution in [1.29, 1.82) is 0 Å². The number of rotatable bonds is 3. The SMILES string of the molecule is CC(C)CN(C)c1cc(Cl)nc2ncnn12. The molecule has 0 fully saturated rings. The molecule has 0 aromatic carbocycles. The third-order valence-corrected chi connectivity index (χ3v) is 2.43. The van der Waals surface area contributed by atoms with E-state index in [1.165, 1.54) is 6.33 Å². The molecule has 0 spiro atoms. The van der Waals surface area contributed by atoms with Crippen LogP contribution in [0.25, 0.3) is 5.78 Å².